The number of hydrogen-bond acceptors (Lipinski definition) is 7. The Labute approximate surface area is 83.5 Å². The van der Waals surface area contributed by atoms with Gasteiger partial charge in [-0.15, -0.1) is 0 Å². The molecule has 14 heavy (non-hydrogen) atoms. The third-order valence-corrected chi connectivity index (χ3v) is 3.47. The third kappa shape index (κ3) is 2.30. The Bertz CT molecular complexity index is 326. The molecule has 2 saturated heterocycles. The van der Waals surface area contributed by atoms with Gasteiger partial charge in [-0.2, -0.15) is 12.6 Å². The van der Waals surface area contributed by atoms with E-state index in [-0.39, 0.29) is 25.7 Å². The zero-order valence-electron chi connectivity index (χ0n) is 6.95. The van der Waals surface area contributed by atoms with E-state index in [1.54, 1.807) is 0 Å². The maximum Gasteiger partial charge on any atom is 0.400 e. The number of hydrogen-bond donors (Lipinski definition) is 0. The highest BCUT2D eigenvalue weighted by Crippen LogP contribution is 2.23. The largest absolute Gasteiger partial charge is 0.400 e. The average Bonchev–Trinajstić information content (AvgIpc) is 2.47. The molecule has 0 N–H and O–H groups in total. The van der Waals surface area contributed by atoms with Crippen LogP contribution in [0.25, 0.3) is 0 Å². The molecule has 0 saturated carbocycles. The Morgan fingerprint density at radius 3 is 2.29 bits per heavy atom. The minimum atomic E-state index is -3.85. The van der Waals surface area contributed by atoms with E-state index >= 15 is 0 Å². The minimum absolute atomic E-state index is 0.0493. The van der Waals surface area contributed by atoms with Gasteiger partial charge in [0.2, 0.25) is 0 Å². The maximum atomic E-state index is 10.8. The van der Waals surface area contributed by atoms with Crippen molar-refractivity contribution < 1.29 is 29.4 Å². The first-order chi connectivity index (χ1) is 6.57. The van der Waals surface area contributed by atoms with Crippen LogP contribution in [0.15, 0.2) is 0 Å². The summed E-state index contributed by atoms with van der Waals surface area (Å²) >= 11 is -1.73. The third-order valence-electron chi connectivity index (χ3n) is 1.90. The molecule has 0 aromatic carbocycles. The molecule has 82 valence electrons. The molecular weight excluding hydrogens is 236 g/mol. The SMILES string of the molecule is O=S1OCC(C2COS(=O)(=O)O2)CO1. The van der Waals surface area contributed by atoms with Gasteiger partial charge in [-0.05, 0) is 0 Å². The summed E-state index contributed by atoms with van der Waals surface area (Å²) in [5, 5.41) is 0. The molecule has 0 amide bonds. The van der Waals surface area contributed by atoms with Crippen molar-refractivity contribution in [3.05, 3.63) is 0 Å². The zero-order valence-corrected chi connectivity index (χ0v) is 8.58. The molecule has 2 aliphatic rings. The highest BCUT2D eigenvalue weighted by atomic mass is 32.3. The van der Waals surface area contributed by atoms with E-state index in [4.69, 9.17) is 8.37 Å². The van der Waals surface area contributed by atoms with E-state index in [2.05, 4.69) is 8.37 Å². The summed E-state index contributed by atoms with van der Waals surface area (Å²) in [6, 6.07) is 0. The van der Waals surface area contributed by atoms with Gasteiger partial charge in [0, 0.05) is 5.92 Å². The molecule has 1 unspecified atom stereocenters. The second-order valence-corrected chi connectivity index (χ2v) is 4.98. The van der Waals surface area contributed by atoms with Crippen molar-refractivity contribution in [1.29, 1.82) is 0 Å². The maximum absolute atomic E-state index is 10.8. The van der Waals surface area contributed by atoms with Crippen LogP contribution in [0, 0.1) is 5.92 Å². The van der Waals surface area contributed by atoms with Crippen LogP contribution >= 0.6 is 0 Å². The number of rotatable bonds is 1. The molecule has 2 heterocycles. The quantitative estimate of drug-likeness (QED) is 0.577. The van der Waals surface area contributed by atoms with Crippen LogP contribution in [0.2, 0.25) is 0 Å². The molecule has 0 spiro atoms. The standard InChI is InChI=1S/C5H8O7S2/c6-13-9-1-4(2-10-13)5-3-11-14(7,8)12-5/h4-5H,1-3H2. The normalized spacial score (nSPS) is 42.4. The average molecular weight is 244 g/mol. The van der Waals surface area contributed by atoms with Gasteiger partial charge in [0.15, 0.2) is 0 Å². The van der Waals surface area contributed by atoms with Gasteiger partial charge in [-0.25, -0.2) is 8.37 Å². The van der Waals surface area contributed by atoms with Gasteiger partial charge in [0.1, 0.15) is 6.10 Å². The van der Waals surface area contributed by atoms with E-state index < -0.39 is 27.9 Å². The fourth-order valence-corrected chi connectivity index (χ4v) is 2.67. The van der Waals surface area contributed by atoms with Crippen LogP contribution in [0.4, 0.5) is 0 Å². The lowest BCUT2D eigenvalue weighted by atomic mass is 10.1. The lowest BCUT2D eigenvalue weighted by molar-refractivity contribution is 0.0472. The van der Waals surface area contributed by atoms with Crippen molar-refractivity contribution >= 4 is 21.8 Å². The summed E-state index contributed by atoms with van der Waals surface area (Å²) in [5.74, 6) is -0.273. The zero-order chi connectivity index (χ0) is 10.2. The summed E-state index contributed by atoms with van der Waals surface area (Å²) in [5.41, 5.74) is 0. The summed E-state index contributed by atoms with van der Waals surface area (Å²) < 4.78 is 50.5. The Balaban J connectivity index is 1.94. The first-order valence-electron chi connectivity index (χ1n) is 3.83. The predicted octanol–water partition coefficient (Wildman–Crippen LogP) is -1.11. The highest BCUT2D eigenvalue weighted by Gasteiger charge is 2.38. The van der Waals surface area contributed by atoms with Gasteiger partial charge in [0.25, 0.3) is 0 Å². The molecule has 0 bridgehead atoms. The van der Waals surface area contributed by atoms with E-state index in [1.807, 2.05) is 0 Å². The van der Waals surface area contributed by atoms with Crippen LogP contribution in [-0.4, -0.2) is 38.6 Å². The molecule has 7 nitrogen and oxygen atoms in total. The summed E-state index contributed by atoms with van der Waals surface area (Å²) in [6.07, 6.45) is -0.614. The molecule has 0 aromatic rings. The summed E-state index contributed by atoms with van der Waals surface area (Å²) in [6.45, 7) is 0.221. The predicted molar refractivity (Wildman–Crippen MR) is 43.3 cm³/mol. The van der Waals surface area contributed by atoms with Crippen molar-refractivity contribution in [2.75, 3.05) is 19.8 Å². The van der Waals surface area contributed by atoms with Gasteiger partial charge < -0.3 is 0 Å². The van der Waals surface area contributed by atoms with Crippen LogP contribution < -0.4 is 0 Å². The highest BCUT2D eigenvalue weighted by molar-refractivity contribution is 7.82. The van der Waals surface area contributed by atoms with E-state index in [1.165, 1.54) is 0 Å². The first kappa shape index (κ1) is 10.5. The fraction of sp³-hybridized carbons (Fsp3) is 1.00. The van der Waals surface area contributed by atoms with Gasteiger partial charge in [-0.1, -0.05) is 0 Å². The van der Waals surface area contributed by atoms with Crippen molar-refractivity contribution in [3.8, 4) is 0 Å². The lowest BCUT2D eigenvalue weighted by Gasteiger charge is -2.22. The second kappa shape index (κ2) is 3.83. The van der Waals surface area contributed by atoms with Gasteiger partial charge in [0.05, 0.1) is 19.8 Å². The molecule has 2 fully saturated rings. The van der Waals surface area contributed by atoms with Crippen molar-refractivity contribution in [2.45, 2.75) is 6.10 Å². The lowest BCUT2D eigenvalue weighted by Crippen LogP contribution is -2.35. The molecule has 1 atom stereocenters. The summed E-state index contributed by atoms with van der Waals surface area (Å²) in [4.78, 5) is 0. The molecule has 2 rings (SSSR count). The Kier molecular flexibility index (Phi) is 2.86. The van der Waals surface area contributed by atoms with E-state index in [9.17, 15) is 12.6 Å². The molecule has 0 aliphatic carbocycles. The molecular formula is C5H8O7S2. The molecule has 0 radical (unpaired) electrons. The van der Waals surface area contributed by atoms with Gasteiger partial charge in [-0.3, -0.25) is 8.37 Å². The van der Waals surface area contributed by atoms with E-state index in [0.717, 1.165) is 0 Å². The molecule has 2 aliphatic heterocycles. The van der Waals surface area contributed by atoms with Crippen LogP contribution in [0.1, 0.15) is 0 Å². The fourth-order valence-electron chi connectivity index (χ4n) is 1.15. The van der Waals surface area contributed by atoms with E-state index in [0.29, 0.717) is 0 Å². The van der Waals surface area contributed by atoms with Crippen molar-refractivity contribution in [3.63, 3.8) is 0 Å². The summed E-state index contributed by atoms with van der Waals surface area (Å²) in [7, 11) is -3.85. The van der Waals surface area contributed by atoms with Crippen molar-refractivity contribution in [1.82, 2.24) is 0 Å². The minimum Gasteiger partial charge on any atom is -0.268 e. The van der Waals surface area contributed by atoms with Gasteiger partial charge >= 0.3 is 21.8 Å². The van der Waals surface area contributed by atoms with Crippen LogP contribution in [-0.2, 0) is 38.5 Å². The Hall–Kier alpha value is -0.0600. The Morgan fingerprint density at radius 2 is 1.79 bits per heavy atom. The Morgan fingerprint density at radius 1 is 1.14 bits per heavy atom. The first-order valence-corrected chi connectivity index (χ1v) is 6.16. The van der Waals surface area contributed by atoms with Crippen LogP contribution in [0.5, 0.6) is 0 Å². The monoisotopic (exact) mass is 244 g/mol. The second-order valence-electron chi connectivity index (χ2n) is 2.86. The molecule has 9 heteroatoms. The van der Waals surface area contributed by atoms with Crippen LogP contribution in [0.3, 0.4) is 0 Å². The molecule has 0 aromatic heterocycles. The van der Waals surface area contributed by atoms with Crippen molar-refractivity contribution in [2.24, 2.45) is 5.92 Å². The topological polar surface area (TPSA) is 88.1 Å². The smallest absolute Gasteiger partial charge is 0.268 e.